The van der Waals surface area contributed by atoms with Crippen molar-refractivity contribution in [3.8, 4) is 5.75 Å². The molecule has 3 aromatic rings. The van der Waals surface area contributed by atoms with Gasteiger partial charge in [0.25, 0.3) is 0 Å². The van der Waals surface area contributed by atoms with Crippen LogP contribution in [0, 0.1) is 5.92 Å². The fourth-order valence-electron chi connectivity index (χ4n) is 3.88. The van der Waals surface area contributed by atoms with Gasteiger partial charge in [-0.25, -0.2) is 19.7 Å². The third-order valence-electron chi connectivity index (χ3n) is 5.88. The van der Waals surface area contributed by atoms with Gasteiger partial charge < -0.3 is 40.1 Å². The van der Waals surface area contributed by atoms with Crippen LogP contribution in [0.3, 0.4) is 0 Å². The summed E-state index contributed by atoms with van der Waals surface area (Å²) < 4.78 is 18.3. The number of anilines is 1. The number of benzene rings is 1. The van der Waals surface area contributed by atoms with E-state index in [1.165, 1.54) is 29.8 Å². The minimum Gasteiger partial charge on any atom is -0.487 e. The van der Waals surface area contributed by atoms with Gasteiger partial charge in [0.1, 0.15) is 49.8 Å². The van der Waals surface area contributed by atoms with E-state index in [0.29, 0.717) is 34.4 Å². The van der Waals surface area contributed by atoms with Gasteiger partial charge in [0.2, 0.25) is 0 Å². The van der Waals surface area contributed by atoms with E-state index in [4.69, 9.17) is 24.8 Å². The topological polar surface area (TPSA) is 197 Å². The first-order valence-electron chi connectivity index (χ1n) is 12.5. The summed E-state index contributed by atoms with van der Waals surface area (Å²) in [7, 11) is 1.41. The Labute approximate surface area is 234 Å². The second-order valence-corrected chi connectivity index (χ2v) is 10.3. The van der Waals surface area contributed by atoms with Crippen LogP contribution in [0.2, 0.25) is 0 Å². The lowest BCUT2D eigenvalue weighted by atomic mass is 10.1. The van der Waals surface area contributed by atoms with E-state index in [2.05, 4.69) is 20.1 Å². The molecule has 0 amide bonds. The average molecular weight is 577 g/mol. The van der Waals surface area contributed by atoms with Crippen LogP contribution in [0.4, 0.5) is 5.82 Å². The largest absolute Gasteiger partial charge is 0.487 e. The van der Waals surface area contributed by atoms with Crippen LogP contribution in [0.15, 0.2) is 40.9 Å². The molecule has 1 fully saturated rings. The first kappa shape index (κ1) is 29.5. The summed E-state index contributed by atoms with van der Waals surface area (Å²) >= 11 is 1.22. The molecule has 4 atom stereocenters. The number of carbonyl (C=O) groups excluding carboxylic acids is 1. The maximum absolute atomic E-state index is 12.1. The molecule has 0 unspecified atom stereocenters. The molecule has 1 aliphatic rings. The second-order valence-electron chi connectivity index (χ2n) is 9.36. The van der Waals surface area contributed by atoms with E-state index in [1.54, 1.807) is 24.3 Å². The maximum Gasteiger partial charge on any atom is 0.338 e. The molecule has 1 aliphatic heterocycles. The Kier molecular flexibility index (Phi) is 9.76. The molecule has 4 rings (SSSR count). The Morgan fingerprint density at radius 3 is 2.62 bits per heavy atom. The molecule has 0 radical (unpaired) electrons. The van der Waals surface area contributed by atoms with Crippen molar-refractivity contribution in [2.75, 3.05) is 38.4 Å². The highest BCUT2D eigenvalue weighted by atomic mass is 32.2. The highest BCUT2D eigenvalue weighted by Gasteiger charge is 2.45. The van der Waals surface area contributed by atoms with Crippen LogP contribution in [0.5, 0.6) is 5.75 Å². The number of aliphatic hydroxyl groups excluding tert-OH is 3. The molecule has 5 N–H and O–H groups in total. The predicted octanol–water partition coefficient (Wildman–Crippen LogP) is 1.01. The number of rotatable bonds is 12. The molecule has 1 saturated heterocycles. The number of ether oxygens (including phenoxy) is 3. The summed E-state index contributed by atoms with van der Waals surface area (Å²) in [6, 6.07) is 6.56. The van der Waals surface area contributed by atoms with Gasteiger partial charge in [-0.2, -0.15) is 0 Å². The van der Waals surface area contributed by atoms with Gasteiger partial charge in [0.05, 0.1) is 18.8 Å². The molecule has 15 heteroatoms. The Hall–Kier alpha value is -3.50. The summed E-state index contributed by atoms with van der Waals surface area (Å²) in [6.07, 6.45) is -3.49. The number of aliphatic hydroxyl groups is 3. The number of carbonyl (C=O) groups is 1. The molecule has 0 saturated carbocycles. The normalized spacial score (nSPS) is 21.2. The van der Waals surface area contributed by atoms with Gasteiger partial charge >= 0.3 is 5.97 Å². The fourth-order valence-corrected chi connectivity index (χ4v) is 4.80. The lowest BCUT2D eigenvalue weighted by Gasteiger charge is -2.19. The quantitative estimate of drug-likeness (QED) is 0.103. The van der Waals surface area contributed by atoms with E-state index in [1.807, 2.05) is 13.8 Å². The zero-order valence-corrected chi connectivity index (χ0v) is 23.0. The summed E-state index contributed by atoms with van der Waals surface area (Å²) in [5, 5.41) is 34.9. The molecule has 0 bridgehead atoms. The highest BCUT2D eigenvalue weighted by Crippen LogP contribution is 2.36. The number of nitrogens with zero attached hydrogens (tertiary/aromatic N) is 5. The van der Waals surface area contributed by atoms with Crippen molar-refractivity contribution in [3.63, 3.8) is 0 Å². The third kappa shape index (κ3) is 6.62. The zero-order valence-electron chi connectivity index (χ0n) is 22.2. The van der Waals surface area contributed by atoms with E-state index in [9.17, 15) is 20.1 Å². The summed E-state index contributed by atoms with van der Waals surface area (Å²) in [5.41, 5.74) is 7.51. The molecule has 40 heavy (non-hydrogen) atoms. The minimum absolute atomic E-state index is 0.0635. The van der Waals surface area contributed by atoms with Crippen LogP contribution in [-0.4, -0.2) is 97.5 Å². The molecule has 1 aromatic carbocycles. The van der Waals surface area contributed by atoms with E-state index in [-0.39, 0.29) is 29.6 Å². The van der Waals surface area contributed by atoms with Crippen molar-refractivity contribution in [2.45, 2.75) is 43.5 Å². The van der Waals surface area contributed by atoms with Crippen LogP contribution in [0.1, 0.15) is 30.4 Å². The Balaban J connectivity index is 1.47. The number of oxime groups is 1. The van der Waals surface area contributed by atoms with Gasteiger partial charge in [-0.15, -0.1) is 0 Å². The van der Waals surface area contributed by atoms with Gasteiger partial charge in [0.15, 0.2) is 28.4 Å². The SMILES string of the molecule is CON=C(COc1ccc(C(=O)OCC(C)C)cc1)CSc1nc2c(N)ncnc2n1[C@@H]1O[C@H](CO)[C@@H](O)[C@H]1O. The maximum atomic E-state index is 12.1. The van der Waals surface area contributed by atoms with Crippen LogP contribution >= 0.6 is 11.8 Å². The Bertz CT molecular complexity index is 1330. The van der Waals surface area contributed by atoms with Gasteiger partial charge in [-0.1, -0.05) is 30.8 Å². The number of thioether (sulfide) groups is 1. The van der Waals surface area contributed by atoms with Gasteiger partial charge in [-0.05, 0) is 30.2 Å². The molecule has 216 valence electrons. The molecule has 0 aliphatic carbocycles. The average Bonchev–Trinajstić information content (AvgIpc) is 3.46. The lowest BCUT2D eigenvalue weighted by molar-refractivity contribution is -0.0548. The molecule has 3 heterocycles. The van der Waals surface area contributed by atoms with Crippen LogP contribution < -0.4 is 10.5 Å². The fraction of sp³-hybridized carbons (Fsp3) is 0.480. The number of nitrogen functional groups attached to an aromatic ring is 1. The Morgan fingerprint density at radius 2 is 1.98 bits per heavy atom. The molecular weight excluding hydrogens is 544 g/mol. The number of esters is 1. The second kappa shape index (κ2) is 13.2. The summed E-state index contributed by atoms with van der Waals surface area (Å²) in [6.45, 7) is 3.84. The first-order valence-corrected chi connectivity index (χ1v) is 13.4. The van der Waals surface area contributed by atoms with Gasteiger partial charge in [-0.3, -0.25) is 4.57 Å². The van der Waals surface area contributed by atoms with Crippen molar-refractivity contribution >= 4 is 40.4 Å². The number of hydrogen-bond acceptors (Lipinski definition) is 14. The van der Waals surface area contributed by atoms with E-state index in [0.717, 1.165) is 0 Å². The molecule has 0 spiro atoms. The van der Waals surface area contributed by atoms with Crippen molar-refractivity contribution in [2.24, 2.45) is 11.1 Å². The van der Waals surface area contributed by atoms with Crippen LogP contribution in [-0.2, 0) is 14.3 Å². The van der Waals surface area contributed by atoms with E-state index < -0.39 is 37.1 Å². The monoisotopic (exact) mass is 576 g/mol. The van der Waals surface area contributed by atoms with Crippen molar-refractivity contribution in [1.29, 1.82) is 0 Å². The number of imidazole rings is 1. The zero-order chi connectivity index (χ0) is 28.8. The number of nitrogens with two attached hydrogens (primary N) is 1. The smallest absolute Gasteiger partial charge is 0.338 e. The summed E-state index contributed by atoms with van der Waals surface area (Å²) in [5.74, 6) is 0.725. The lowest BCUT2D eigenvalue weighted by Crippen LogP contribution is -2.33. The Morgan fingerprint density at radius 1 is 1.23 bits per heavy atom. The number of aromatic nitrogens is 4. The van der Waals surface area contributed by atoms with Crippen molar-refractivity contribution in [3.05, 3.63) is 36.2 Å². The molecule has 2 aromatic heterocycles. The van der Waals surface area contributed by atoms with Crippen molar-refractivity contribution < 1.29 is 39.2 Å². The summed E-state index contributed by atoms with van der Waals surface area (Å²) in [4.78, 5) is 29.9. The first-order chi connectivity index (χ1) is 19.2. The van der Waals surface area contributed by atoms with Crippen LogP contribution in [0.25, 0.3) is 11.2 Å². The molecular formula is C25H32N6O8S. The predicted molar refractivity (Wildman–Crippen MR) is 145 cm³/mol. The number of fused-ring (bicyclic) bond motifs is 1. The highest BCUT2D eigenvalue weighted by molar-refractivity contribution is 7.99. The standard InChI is InChI=1S/C25H32N6O8S/c1-13(2)9-38-24(35)14-4-6-16(7-5-14)37-10-15(30-36-3)11-40-25-29-18-21(26)27-12-28-22(18)31(25)23-20(34)19(33)17(8-32)39-23/h4-7,12-13,17,19-20,23,32-34H,8-11H2,1-3H3,(H2,26,27,28)/t17-,19-,20-,23-/m1/s1. The molecule has 14 nitrogen and oxygen atoms in total. The third-order valence-corrected chi connectivity index (χ3v) is 6.90. The van der Waals surface area contributed by atoms with Crippen molar-refractivity contribution in [1.82, 2.24) is 19.5 Å². The van der Waals surface area contributed by atoms with Gasteiger partial charge in [0, 0.05) is 5.75 Å². The van der Waals surface area contributed by atoms with E-state index >= 15 is 0 Å². The minimum atomic E-state index is -1.36. The number of hydrogen-bond donors (Lipinski definition) is 4.